The molecule has 0 radical (unpaired) electrons. The number of hydrogen-bond donors (Lipinski definition) is 1. The van der Waals surface area contributed by atoms with E-state index < -0.39 is 76.2 Å². The molecule has 3 heterocycles. The summed E-state index contributed by atoms with van der Waals surface area (Å²) in [6.45, 7) is -9.69. The molecule has 2 aromatic carbocycles. The number of nitrogen functional groups attached to an aromatic ring is 1. The minimum absolute atomic E-state index is 0.0391. The number of carbonyl (C=O) groups excluding carboxylic acids is 1. The van der Waals surface area contributed by atoms with Gasteiger partial charge in [-0.2, -0.15) is 4.98 Å². The summed E-state index contributed by atoms with van der Waals surface area (Å²) >= 11 is 0. The molecule has 3 aromatic rings. The van der Waals surface area contributed by atoms with Crippen molar-refractivity contribution in [1.82, 2.24) is 14.9 Å². The second kappa shape index (κ2) is 8.53. The fraction of sp³-hybridized carbons (Fsp3) is 0.348. The van der Waals surface area contributed by atoms with Gasteiger partial charge in [0.2, 0.25) is 12.1 Å². The lowest BCUT2D eigenvalue weighted by atomic mass is 10.2. The number of nitrogens with two attached hydrogens (primary N) is 1. The number of fused-ring (bicyclic) bond motifs is 2. The van der Waals surface area contributed by atoms with Gasteiger partial charge in [0.15, 0.2) is 23.0 Å². The number of piperazine rings is 1. The molecule has 2 aliphatic rings. The Labute approximate surface area is 207 Å². The number of hydrogen-bond acceptors (Lipinski definition) is 9. The van der Waals surface area contributed by atoms with E-state index in [9.17, 15) is 4.79 Å². The van der Waals surface area contributed by atoms with Gasteiger partial charge in [0.1, 0.15) is 12.4 Å². The van der Waals surface area contributed by atoms with Gasteiger partial charge in [0.05, 0.1) is 36.0 Å². The SMILES string of the molecule is [2H]C([2H])([2H])Oc1cc2nc(N3C([2H])([2H])CN(C(=O)C4Oc5ccccc5OC4([2H])[2H])CC3([2H])[2H])nc(N)c2cc1OC([2H])([2H])[2H]. The minimum atomic E-state index is -3.04. The maximum Gasteiger partial charge on any atom is 0.267 e. The van der Waals surface area contributed by atoms with Crippen LogP contribution < -0.4 is 29.6 Å². The van der Waals surface area contributed by atoms with Crippen molar-refractivity contribution in [2.75, 3.05) is 57.4 Å². The number of amides is 1. The number of anilines is 2. The molecule has 1 aromatic heterocycles. The van der Waals surface area contributed by atoms with E-state index in [1.165, 1.54) is 12.1 Å². The van der Waals surface area contributed by atoms with Crippen molar-refractivity contribution in [2.24, 2.45) is 0 Å². The number of benzene rings is 2. The number of rotatable bonds is 4. The molecule has 1 fully saturated rings. The predicted molar refractivity (Wildman–Crippen MR) is 122 cm³/mol. The highest BCUT2D eigenvalue weighted by Crippen LogP contribution is 2.34. The van der Waals surface area contributed by atoms with Crippen molar-refractivity contribution in [2.45, 2.75) is 6.10 Å². The van der Waals surface area contributed by atoms with Crippen molar-refractivity contribution < 1.29 is 40.2 Å². The molecular formula is C23H25N5O5. The van der Waals surface area contributed by atoms with Crippen LogP contribution in [0.2, 0.25) is 0 Å². The van der Waals surface area contributed by atoms with Crippen LogP contribution in [-0.4, -0.2) is 73.6 Å². The molecule has 1 atom stereocenters. The quantitative estimate of drug-likeness (QED) is 0.618. The summed E-state index contributed by atoms with van der Waals surface area (Å²) in [7, 11) is -6.04. The summed E-state index contributed by atoms with van der Waals surface area (Å²) in [5.74, 6) is -2.98. The summed E-state index contributed by atoms with van der Waals surface area (Å²) in [4.78, 5) is 23.0. The molecule has 33 heavy (non-hydrogen) atoms. The maximum absolute atomic E-state index is 13.5. The second-order valence-electron chi connectivity index (χ2n) is 6.94. The highest BCUT2D eigenvalue weighted by atomic mass is 16.6. The predicted octanol–water partition coefficient (Wildman–Crippen LogP) is 1.72. The smallest absolute Gasteiger partial charge is 0.267 e. The number of ether oxygens (including phenoxy) is 4. The Morgan fingerprint density at radius 1 is 1.15 bits per heavy atom. The Balaban J connectivity index is 1.50. The fourth-order valence-corrected chi connectivity index (χ4v) is 3.29. The van der Waals surface area contributed by atoms with Crippen LogP contribution in [0, 0.1) is 0 Å². The molecule has 1 amide bonds. The van der Waals surface area contributed by atoms with E-state index in [0.717, 1.165) is 17.0 Å². The van der Waals surface area contributed by atoms with Crippen molar-refractivity contribution in [3.8, 4) is 23.0 Å². The molecule has 0 saturated carbocycles. The standard InChI is InChI=1S/C23H25N5O5/c1-30-18-11-14-15(12-19(18)31-2)25-23(26-21(14)24)28-9-7-27(8-10-28)22(29)20-13-32-16-5-3-4-6-17(16)33-20/h3-6,11-12,20H,7-10,13H2,1-2H3,(H2,24,25,26)/i1D3,2D3,9D2,10D2,13D2. The average molecular weight is 464 g/mol. The van der Waals surface area contributed by atoms with E-state index in [-0.39, 0.29) is 28.2 Å². The number of para-hydroxylation sites is 2. The summed E-state index contributed by atoms with van der Waals surface area (Å²) in [6, 6.07) is 8.06. The third kappa shape index (κ3) is 3.88. The van der Waals surface area contributed by atoms with E-state index >= 15 is 0 Å². The van der Waals surface area contributed by atoms with E-state index in [0.29, 0.717) is 4.90 Å². The van der Waals surface area contributed by atoms with Crippen molar-refractivity contribution >= 4 is 28.6 Å². The summed E-state index contributed by atoms with van der Waals surface area (Å²) in [5.41, 5.74) is 5.92. The highest BCUT2D eigenvalue weighted by molar-refractivity contribution is 5.91. The van der Waals surface area contributed by atoms with Gasteiger partial charge in [-0.15, -0.1) is 0 Å². The first-order valence-corrected chi connectivity index (χ1v) is 9.60. The van der Waals surface area contributed by atoms with Crippen LogP contribution in [0.5, 0.6) is 23.0 Å². The van der Waals surface area contributed by atoms with Crippen LogP contribution in [0.4, 0.5) is 11.8 Å². The van der Waals surface area contributed by atoms with Crippen LogP contribution >= 0.6 is 0 Å². The lowest BCUT2D eigenvalue weighted by Crippen LogP contribution is -2.54. The van der Waals surface area contributed by atoms with Crippen LogP contribution in [0.1, 0.15) is 16.4 Å². The van der Waals surface area contributed by atoms with Gasteiger partial charge in [-0.25, -0.2) is 4.98 Å². The van der Waals surface area contributed by atoms with Gasteiger partial charge in [0.25, 0.3) is 5.91 Å². The Morgan fingerprint density at radius 3 is 2.64 bits per heavy atom. The molecule has 10 nitrogen and oxygen atoms in total. The van der Waals surface area contributed by atoms with Gasteiger partial charge >= 0.3 is 0 Å². The Bertz CT molecular complexity index is 1630. The van der Waals surface area contributed by atoms with E-state index in [4.69, 9.17) is 41.1 Å². The molecular weight excluding hydrogens is 426 g/mol. The van der Waals surface area contributed by atoms with Crippen LogP contribution in [0.3, 0.4) is 0 Å². The van der Waals surface area contributed by atoms with Crippen molar-refractivity contribution in [1.29, 1.82) is 0 Å². The molecule has 5 rings (SSSR count). The van der Waals surface area contributed by atoms with E-state index in [1.54, 1.807) is 12.1 Å². The Hall–Kier alpha value is -3.95. The second-order valence-corrected chi connectivity index (χ2v) is 6.94. The molecule has 2 aliphatic heterocycles. The third-order valence-corrected chi connectivity index (χ3v) is 4.94. The van der Waals surface area contributed by atoms with Gasteiger partial charge in [0, 0.05) is 37.5 Å². The van der Waals surface area contributed by atoms with Gasteiger partial charge in [-0.05, 0) is 18.2 Å². The third-order valence-electron chi connectivity index (χ3n) is 4.94. The topological polar surface area (TPSA) is 112 Å². The monoisotopic (exact) mass is 463 g/mol. The van der Waals surface area contributed by atoms with E-state index in [1.807, 2.05) is 0 Å². The minimum Gasteiger partial charge on any atom is -0.493 e. The molecule has 10 heteroatoms. The van der Waals surface area contributed by atoms with Gasteiger partial charge in [-0.3, -0.25) is 4.79 Å². The maximum atomic E-state index is 13.5. The molecule has 0 aliphatic carbocycles. The number of carbonyl (C=O) groups is 1. The zero-order valence-corrected chi connectivity index (χ0v) is 16.9. The molecule has 1 saturated heterocycles. The summed E-state index contributed by atoms with van der Waals surface area (Å²) in [6.07, 6.45) is -1.89. The van der Waals surface area contributed by atoms with E-state index in [2.05, 4.69) is 9.97 Å². The molecule has 2 N–H and O–H groups in total. The summed E-state index contributed by atoms with van der Waals surface area (Å²) < 4.78 is 116. The first kappa shape index (κ1) is 11.3. The Kier molecular flexibility index (Phi) is 2.91. The zero-order valence-electron chi connectivity index (χ0n) is 28.9. The lowest BCUT2D eigenvalue weighted by molar-refractivity contribution is -0.141. The number of nitrogens with zero attached hydrogens (tertiary/aromatic N) is 4. The molecule has 1 unspecified atom stereocenters. The fourth-order valence-electron chi connectivity index (χ4n) is 3.29. The first-order chi connectivity index (χ1) is 20.6. The van der Waals surface area contributed by atoms with Crippen LogP contribution in [-0.2, 0) is 4.79 Å². The van der Waals surface area contributed by atoms with Gasteiger partial charge in [-0.1, -0.05) is 12.1 Å². The average Bonchev–Trinajstić information content (AvgIpc) is 2.85. The normalized spacial score (nSPS) is 28.4. The first-order valence-electron chi connectivity index (χ1n) is 15.6. The number of methoxy groups -OCH3 is 2. The molecule has 172 valence electrons. The number of aromatic nitrogens is 2. The summed E-state index contributed by atoms with van der Waals surface area (Å²) in [5, 5.41) is -0.0391. The van der Waals surface area contributed by atoms with Crippen LogP contribution in [0.25, 0.3) is 10.9 Å². The largest absolute Gasteiger partial charge is 0.493 e. The van der Waals surface area contributed by atoms with Crippen LogP contribution in [0.15, 0.2) is 36.4 Å². The lowest BCUT2D eigenvalue weighted by Gasteiger charge is -2.37. The van der Waals surface area contributed by atoms with Gasteiger partial charge < -0.3 is 34.5 Å². The highest BCUT2D eigenvalue weighted by Gasteiger charge is 2.33. The van der Waals surface area contributed by atoms with Crippen molar-refractivity contribution in [3.63, 3.8) is 0 Å². The zero-order chi connectivity index (χ0) is 33.3. The molecule has 0 bridgehead atoms. The molecule has 0 spiro atoms. The van der Waals surface area contributed by atoms with Crippen molar-refractivity contribution in [3.05, 3.63) is 36.4 Å². The Morgan fingerprint density at radius 2 is 1.88 bits per heavy atom.